The first kappa shape index (κ1) is 25.7. The summed E-state index contributed by atoms with van der Waals surface area (Å²) in [5.74, 6) is 2.58. The first-order valence-corrected chi connectivity index (χ1v) is 14.8. The SMILES string of the molecule is Cc1cccc(C)c1-c1cc2nc(n1)NS(=O)(=O)c1cccc(c1)C(C1CC(C)C1)[C@H](CC(C)C)CO2. The Morgan fingerprint density at radius 3 is 2.41 bits per heavy atom. The molecule has 1 aliphatic carbocycles. The molecule has 0 spiro atoms. The molecule has 6 nitrogen and oxygen atoms in total. The highest BCUT2D eigenvalue weighted by Crippen LogP contribution is 2.48. The lowest BCUT2D eigenvalue weighted by Crippen LogP contribution is -2.35. The number of hydrogen-bond acceptors (Lipinski definition) is 5. The average molecular weight is 520 g/mol. The summed E-state index contributed by atoms with van der Waals surface area (Å²) in [4.78, 5) is 9.36. The predicted octanol–water partition coefficient (Wildman–Crippen LogP) is 6.75. The van der Waals surface area contributed by atoms with Crippen molar-refractivity contribution in [1.82, 2.24) is 9.97 Å². The molecule has 1 unspecified atom stereocenters. The lowest BCUT2D eigenvalue weighted by molar-refractivity contribution is 0.101. The first-order valence-electron chi connectivity index (χ1n) is 13.3. The zero-order chi connectivity index (χ0) is 26.3. The number of ether oxygens (including phenoxy) is 1. The number of aromatic nitrogens is 2. The average Bonchev–Trinajstić information content (AvgIpc) is 2.80. The number of sulfonamides is 1. The van der Waals surface area contributed by atoms with Crippen LogP contribution in [0.25, 0.3) is 11.3 Å². The van der Waals surface area contributed by atoms with Crippen molar-refractivity contribution in [3.8, 4) is 17.1 Å². The van der Waals surface area contributed by atoms with E-state index in [9.17, 15) is 8.42 Å². The van der Waals surface area contributed by atoms with Crippen molar-refractivity contribution in [1.29, 1.82) is 0 Å². The summed E-state index contributed by atoms with van der Waals surface area (Å²) in [5.41, 5.74) is 4.81. The Labute approximate surface area is 221 Å². The zero-order valence-corrected chi connectivity index (χ0v) is 23.2. The van der Waals surface area contributed by atoms with Crippen molar-refractivity contribution >= 4 is 16.0 Å². The first-order chi connectivity index (χ1) is 17.6. The van der Waals surface area contributed by atoms with E-state index in [-0.39, 0.29) is 22.7 Å². The fourth-order valence-corrected chi connectivity index (χ4v) is 7.26. The van der Waals surface area contributed by atoms with E-state index in [4.69, 9.17) is 4.74 Å². The normalized spacial score (nSPS) is 24.7. The Balaban J connectivity index is 1.65. The minimum atomic E-state index is -3.89. The van der Waals surface area contributed by atoms with Gasteiger partial charge >= 0.3 is 0 Å². The highest BCUT2D eigenvalue weighted by molar-refractivity contribution is 7.92. The van der Waals surface area contributed by atoms with Crippen LogP contribution in [0.5, 0.6) is 5.88 Å². The third-order valence-electron chi connectivity index (χ3n) is 7.86. The lowest BCUT2D eigenvalue weighted by Gasteiger charge is -2.43. The topological polar surface area (TPSA) is 81.2 Å². The zero-order valence-electron chi connectivity index (χ0n) is 22.4. The Kier molecular flexibility index (Phi) is 7.01. The Bertz CT molecular complexity index is 1380. The summed E-state index contributed by atoms with van der Waals surface area (Å²) in [6, 6.07) is 15.4. The molecule has 1 aromatic heterocycles. The minimum absolute atomic E-state index is 0.0194. The van der Waals surface area contributed by atoms with Crippen LogP contribution < -0.4 is 9.46 Å². The second-order valence-electron chi connectivity index (χ2n) is 11.4. The van der Waals surface area contributed by atoms with Crippen LogP contribution in [0.15, 0.2) is 53.4 Å². The molecule has 0 saturated heterocycles. The van der Waals surface area contributed by atoms with Crippen LogP contribution in [0.4, 0.5) is 5.95 Å². The van der Waals surface area contributed by atoms with Crippen molar-refractivity contribution in [2.75, 3.05) is 11.3 Å². The van der Waals surface area contributed by atoms with E-state index in [1.54, 1.807) is 6.07 Å². The van der Waals surface area contributed by atoms with Gasteiger partial charge in [-0.1, -0.05) is 51.1 Å². The summed E-state index contributed by atoms with van der Waals surface area (Å²) in [6.07, 6.45) is 3.30. The van der Waals surface area contributed by atoms with E-state index in [1.807, 2.05) is 50.2 Å². The molecule has 2 aliphatic rings. The van der Waals surface area contributed by atoms with Gasteiger partial charge in [-0.05, 0) is 85.6 Å². The van der Waals surface area contributed by atoms with E-state index < -0.39 is 10.0 Å². The summed E-state index contributed by atoms with van der Waals surface area (Å²) in [5, 5.41) is 0. The maximum absolute atomic E-state index is 13.5. The van der Waals surface area contributed by atoms with Gasteiger partial charge in [0.1, 0.15) is 0 Å². The third kappa shape index (κ3) is 5.37. The van der Waals surface area contributed by atoms with Crippen molar-refractivity contribution in [2.45, 2.75) is 64.7 Å². The van der Waals surface area contributed by atoms with Crippen LogP contribution in [0.3, 0.4) is 0 Å². The fraction of sp³-hybridized carbons (Fsp3) is 0.467. The Morgan fingerprint density at radius 2 is 1.73 bits per heavy atom. The van der Waals surface area contributed by atoms with Gasteiger partial charge in [-0.2, -0.15) is 4.98 Å². The maximum Gasteiger partial charge on any atom is 0.264 e. The van der Waals surface area contributed by atoms with Crippen molar-refractivity contribution in [3.63, 3.8) is 0 Å². The van der Waals surface area contributed by atoms with Gasteiger partial charge in [-0.15, -0.1) is 0 Å². The molecule has 7 heteroatoms. The van der Waals surface area contributed by atoms with Crippen LogP contribution in [-0.4, -0.2) is 25.0 Å². The molecule has 1 aliphatic heterocycles. The smallest absolute Gasteiger partial charge is 0.264 e. The molecule has 1 saturated carbocycles. The van der Waals surface area contributed by atoms with Crippen LogP contribution >= 0.6 is 0 Å². The van der Waals surface area contributed by atoms with Gasteiger partial charge in [0.25, 0.3) is 10.0 Å². The Hall–Kier alpha value is -2.93. The summed E-state index contributed by atoms with van der Waals surface area (Å²) < 4.78 is 36.0. The molecule has 3 aromatic rings. The van der Waals surface area contributed by atoms with Gasteiger partial charge < -0.3 is 4.74 Å². The van der Waals surface area contributed by atoms with Gasteiger partial charge in [0.05, 0.1) is 17.2 Å². The predicted molar refractivity (Wildman–Crippen MR) is 147 cm³/mol. The quantitative estimate of drug-likeness (QED) is 0.413. The molecular formula is C30H37N3O3S. The van der Waals surface area contributed by atoms with Gasteiger partial charge in [0.2, 0.25) is 11.8 Å². The third-order valence-corrected chi connectivity index (χ3v) is 9.19. The number of nitrogens with one attached hydrogen (secondary N) is 1. The second-order valence-corrected chi connectivity index (χ2v) is 13.1. The van der Waals surface area contributed by atoms with Gasteiger partial charge in [0.15, 0.2) is 0 Å². The number of nitrogens with zero attached hydrogens (tertiary/aromatic N) is 2. The molecule has 5 rings (SSSR count). The number of hydrogen-bond donors (Lipinski definition) is 1. The molecule has 0 amide bonds. The van der Waals surface area contributed by atoms with E-state index in [1.165, 1.54) is 0 Å². The van der Waals surface area contributed by atoms with Crippen LogP contribution in [-0.2, 0) is 10.0 Å². The summed E-state index contributed by atoms with van der Waals surface area (Å²) in [6.45, 7) is 11.4. The number of aryl methyl sites for hydroxylation is 2. The fourth-order valence-electron chi connectivity index (χ4n) is 6.26. The van der Waals surface area contributed by atoms with E-state index in [2.05, 4.69) is 41.5 Å². The van der Waals surface area contributed by atoms with Crippen molar-refractivity contribution in [2.24, 2.45) is 23.7 Å². The van der Waals surface area contributed by atoms with Gasteiger partial charge in [-0.3, -0.25) is 0 Å². The molecule has 4 bridgehead atoms. The number of rotatable bonds is 4. The van der Waals surface area contributed by atoms with Crippen molar-refractivity contribution in [3.05, 3.63) is 65.2 Å². The standard InChI is InChI=1S/C30H37N3O3S/c1-18(2)12-24-17-36-27-16-26(28-20(4)8-6-9-21(28)5)31-30(32-27)33-37(34,35)25-11-7-10-22(15-25)29(24)23-13-19(3)14-23/h6-11,15-16,18-19,23-24,29H,12-14,17H2,1-5H3,(H,31,32,33)/t19?,23?,24-,29?/m1/s1. The van der Waals surface area contributed by atoms with Crippen LogP contribution in [0.1, 0.15) is 62.6 Å². The monoisotopic (exact) mass is 519 g/mol. The largest absolute Gasteiger partial charge is 0.477 e. The van der Waals surface area contributed by atoms with E-state index in [0.717, 1.165) is 41.5 Å². The van der Waals surface area contributed by atoms with E-state index >= 15 is 0 Å². The summed E-state index contributed by atoms with van der Waals surface area (Å²) in [7, 11) is -3.89. The molecule has 37 heavy (non-hydrogen) atoms. The molecule has 2 atom stereocenters. The molecule has 1 fully saturated rings. The highest BCUT2D eigenvalue weighted by atomic mass is 32.2. The van der Waals surface area contributed by atoms with Gasteiger partial charge in [-0.25, -0.2) is 18.1 Å². The Morgan fingerprint density at radius 1 is 1.03 bits per heavy atom. The van der Waals surface area contributed by atoms with E-state index in [0.29, 0.717) is 35.9 Å². The second kappa shape index (κ2) is 10.1. The molecule has 2 aromatic carbocycles. The maximum atomic E-state index is 13.5. The molecule has 2 heterocycles. The molecule has 1 N–H and O–H groups in total. The minimum Gasteiger partial charge on any atom is -0.477 e. The van der Waals surface area contributed by atoms with Crippen molar-refractivity contribution < 1.29 is 13.2 Å². The molecule has 196 valence electrons. The number of anilines is 1. The lowest BCUT2D eigenvalue weighted by atomic mass is 9.62. The molecule has 0 radical (unpaired) electrons. The van der Waals surface area contributed by atoms with Crippen LogP contribution in [0, 0.1) is 37.5 Å². The highest BCUT2D eigenvalue weighted by Gasteiger charge is 2.39. The number of fused-ring (bicyclic) bond motifs is 4. The van der Waals surface area contributed by atoms with Gasteiger partial charge in [0, 0.05) is 17.5 Å². The number of benzene rings is 2. The molecular weight excluding hydrogens is 482 g/mol. The summed E-state index contributed by atoms with van der Waals surface area (Å²) >= 11 is 0. The van der Waals surface area contributed by atoms with Crippen LogP contribution in [0.2, 0.25) is 0 Å².